The summed E-state index contributed by atoms with van der Waals surface area (Å²) >= 11 is 0. The van der Waals surface area contributed by atoms with Crippen molar-refractivity contribution in [3.8, 4) is 0 Å². The molecule has 0 aromatic heterocycles. The zero-order valence-corrected chi connectivity index (χ0v) is 14.4. The van der Waals surface area contributed by atoms with Gasteiger partial charge in [-0.3, -0.25) is 4.79 Å². The standard InChI is InChI=1S/C14H23FN2O5S/c1-14(2,3)22-13(19)16-6-4-5-10(8-16)17-9-11(7-12(17)18)23(15,20)21/h10-11H,4-9H2,1-3H3. The molecule has 2 fully saturated rings. The minimum absolute atomic E-state index is 0.148. The molecular weight excluding hydrogens is 327 g/mol. The van der Waals surface area contributed by atoms with Gasteiger partial charge in [-0.1, -0.05) is 0 Å². The first-order valence-electron chi connectivity index (χ1n) is 7.68. The molecule has 0 spiro atoms. The molecule has 2 unspecified atom stereocenters. The molecule has 0 aromatic rings. The molecule has 23 heavy (non-hydrogen) atoms. The van der Waals surface area contributed by atoms with Crippen molar-refractivity contribution in [3.63, 3.8) is 0 Å². The summed E-state index contributed by atoms with van der Waals surface area (Å²) in [6.07, 6.45) is 0.551. The third-order valence-electron chi connectivity index (χ3n) is 4.01. The summed E-state index contributed by atoms with van der Waals surface area (Å²) in [6.45, 7) is 5.97. The number of nitrogens with zero attached hydrogens (tertiary/aromatic N) is 2. The van der Waals surface area contributed by atoms with Crippen molar-refractivity contribution in [2.45, 2.75) is 56.9 Å². The van der Waals surface area contributed by atoms with Gasteiger partial charge in [0.25, 0.3) is 0 Å². The number of hydrogen-bond acceptors (Lipinski definition) is 5. The van der Waals surface area contributed by atoms with Crippen LogP contribution in [-0.4, -0.2) is 66.7 Å². The van der Waals surface area contributed by atoms with Gasteiger partial charge in [0.05, 0.1) is 0 Å². The van der Waals surface area contributed by atoms with Crippen molar-refractivity contribution in [3.05, 3.63) is 0 Å². The summed E-state index contributed by atoms with van der Waals surface area (Å²) in [4.78, 5) is 27.0. The number of ether oxygens (including phenoxy) is 1. The first kappa shape index (κ1) is 18.0. The van der Waals surface area contributed by atoms with E-state index in [0.717, 1.165) is 0 Å². The van der Waals surface area contributed by atoms with Crippen LogP contribution in [0.4, 0.5) is 8.68 Å². The summed E-state index contributed by atoms with van der Waals surface area (Å²) < 4.78 is 40.4. The summed E-state index contributed by atoms with van der Waals surface area (Å²) in [5.41, 5.74) is -0.610. The molecule has 2 heterocycles. The number of likely N-dealkylation sites (tertiary alicyclic amines) is 2. The van der Waals surface area contributed by atoms with Crippen molar-refractivity contribution in [2.24, 2.45) is 0 Å². The molecule has 0 aromatic carbocycles. The molecule has 0 N–H and O–H groups in total. The zero-order chi connectivity index (χ0) is 17.4. The van der Waals surface area contributed by atoms with Gasteiger partial charge in [0.2, 0.25) is 5.91 Å². The Hall–Kier alpha value is -1.38. The fraction of sp³-hybridized carbons (Fsp3) is 0.857. The minimum Gasteiger partial charge on any atom is -0.444 e. The van der Waals surface area contributed by atoms with Gasteiger partial charge in [-0.15, -0.1) is 3.89 Å². The van der Waals surface area contributed by atoms with Gasteiger partial charge in [0, 0.05) is 32.1 Å². The lowest BCUT2D eigenvalue weighted by Gasteiger charge is -2.38. The van der Waals surface area contributed by atoms with E-state index in [0.29, 0.717) is 19.4 Å². The predicted octanol–water partition coefficient (Wildman–Crippen LogP) is 1.29. The summed E-state index contributed by atoms with van der Waals surface area (Å²) in [5.74, 6) is -0.382. The number of carbonyl (C=O) groups is 2. The highest BCUT2D eigenvalue weighted by Crippen LogP contribution is 2.26. The van der Waals surface area contributed by atoms with E-state index in [-0.39, 0.29) is 31.5 Å². The summed E-state index contributed by atoms with van der Waals surface area (Å²) in [5, 5.41) is -1.30. The lowest BCUT2D eigenvalue weighted by molar-refractivity contribution is -0.130. The molecule has 2 amide bonds. The highest BCUT2D eigenvalue weighted by Gasteiger charge is 2.42. The Bertz CT molecular complexity index is 586. The van der Waals surface area contributed by atoms with Gasteiger partial charge in [-0.05, 0) is 33.6 Å². The molecule has 0 aliphatic carbocycles. The molecule has 0 bridgehead atoms. The largest absolute Gasteiger partial charge is 0.444 e. The summed E-state index contributed by atoms with van der Waals surface area (Å²) in [6, 6.07) is -0.296. The van der Waals surface area contributed by atoms with Gasteiger partial charge in [0.1, 0.15) is 10.9 Å². The average Bonchev–Trinajstić information content (AvgIpc) is 2.79. The van der Waals surface area contributed by atoms with Gasteiger partial charge in [-0.2, -0.15) is 8.42 Å². The third kappa shape index (κ3) is 4.55. The normalized spacial score (nSPS) is 26.5. The Morgan fingerprint density at radius 3 is 2.48 bits per heavy atom. The second-order valence-corrected chi connectivity index (χ2v) is 8.69. The third-order valence-corrected chi connectivity index (χ3v) is 5.12. The smallest absolute Gasteiger partial charge is 0.410 e. The maximum absolute atomic E-state index is 13.1. The van der Waals surface area contributed by atoms with E-state index < -0.39 is 27.2 Å². The van der Waals surface area contributed by atoms with E-state index in [1.807, 2.05) is 0 Å². The van der Waals surface area contributed by atoms with Crippen LogP contribution in [0.15, 0.2) is 0 Å². The number of hydrogen-bond donors (Lipinski definition) is 0. The van der Waals surface area contributed by atoms with Crippen molar-refractivity contribution in [1.82, 2.24) is 9.80 Å². The monoisotopic (exact) mass is 350 g/mol. The van der Waals surface area contributed by atoms with Crippen LogP contribution in [0.1, 0.15) is 40.0 Å². The molecule has 2 atom stereocenters. The van der Waals surface area contributed by atoms with Crippen molar-refractivity contribution in [2.75, 3.05) is 19.6 Å². The van der Waals surface area contributed by atoms with E-state index in [1.165, 1.54) is 9.80 Å². The van der Waals surface area contributed by atoms with Crippen LogP contribution < -0.4 is 0 Å². The highest BCUT2D eigenvalue weighted by atomic mass is 32.3. The fourth-order valence-corrected chi connectivity index (χ4v) is 3.62. The van der Waals surface area contributed by atoms with Crippen LogP contribution >= 0.6 is 0 Å². The van der Waals surface area contributed by atoms with E-state index in [9.17, 15) is 21.9 Å². The van der Waals surface area contributed by atoms with E-state index >= 15 is 0 Å². The Kier molecular flexibility index (Phi) is 4.89. The van der Waals surface area contributed by atoms with Gasteiger partial charge in [-0.25, -0.2) is 4.79 Å². The van der Waals surface area contributed by atoms with Crippen molar-refractivity contribution in [1.29, 1.82) is 0 Å². The highest BCUT2D eigenvalue weighted by molar-refractivity contribution is 7.87. The Balaban J connectivity index is 2.01. The number of amides is 2. The van der Waals surface area contributed by atoms with Crippen LogP contribution in [0.25, 0.3) is 0 Å². The lowest BCUT2D eigenvalue weighted by Crippen LogP contribution is -2.51. The zero-order valence-electron chi connectivity index (χ0n) is 13.6. The molecule has 0 saturated carbocycles. The topological polar surface area (TPSA) is 84.0 Å². The maximum Gasteiger partial charge on any atom is 0.410 e. The Morgan fingerprint density at radius 1 is 1.30 bits per heavy atom. The van der Waals surface area contributed by atoms with Gasteiger partial charge >= 0.3 is 16.3 Å². The first-order valence-corrected chi connectivity index (χ1v) is 9.13. The molecule has 2 aliphatic heterocycles. The fourth-order valence-electron chi connectivity index (χ4n) is 2.94. The lowest BCUT2D eigenvalue weighted by atomic mass is 10.0. The molecular formula is C14H23FN2O5S. The average molecular weight is 350 g/mol. The molecule has 132 valence electrons. The van der Waals surface area contributed by atoms with Crippen molar-refractivity contribution < 1.29 is 26.6 Å². The second kappa shape index (κ2) is 6.26. The Morgan fingerprint density at radius 2 is 1.96 bits per heavy atom. The molecule has 2 saturated heterocycles. The van der Waals surface area contributed by atoms with Crippen LogP contribution in [-0.2, 0) is 19.8 Å². The number of rotatable bonds is 2. The van der Waals surface area contributed by atoms with Crippen LogP contribution in [0.2, 0.25) is 0 Å². The minimum atomic E-state index is -4.73. The first-order chi connectivity index (χ1) is 10.5. The number of halogens is 1. The quantitative estimate of drug-likeness (QED) is 0.701. The van der Waals surface area contributed by atoms with Gasteiger partial charge in [0.15, 0.2) is 0 Å². The SMILES string of the molecule is CC(C)(C)OC(=O)N1CCCC(N2CC(S(=O)(=O)F)CC2=O)C1. The van der Waals surface area contributed by atoms with E-state index in [4.69, 9.17) is 4.74 Å². The maximum atomic E-state index is 13.1. The van der Waals surface area contributed by atoms with Crippen LogP contribution in [0.3, 0.4) is 0 Å². The molecule has 2 rings (SSSR count). The second-order valence-electron chi connectivity index (χ2n) is 7.07. The Labute approximate surface area is 136 Å². The molecule has 2 aliphatic rings. The van der Waals surface area contributed by atoms with E-state index in [1.54, 1.807) is 20.8 Å². The molecule has 0 radical (unpaired) electrons. The summed E-state index contributed by atoms with van der Waals surface area (Å²) in [7, 11) is -4.73. The van der Waals surface area contributed by atoms with Gasteiger partial charge < -0.3 is 14.5 Å². The predicted molar refractivity (Wildman–Crippen MR) is 81.0 cm³/mol. The van der Waals surface area contributed by atoms with Crippen LogP contribution in [0, 0.1) is 0 Å². The number of piperidine rings is 1. The van der Waals surface area contributed by atoms with E-state index in [2.05, 4.69) is 0 Å². The molecule has 9 heteroatoms. The number of carbonyl (C=O) groups excluding carboxylic acids is 2. The van der Waals surface area contributed by atoms with Crippen LogP contribution in [0.5, 0.6) is 0 Å². The molecule has 7 nitrogen and oxygen atoms in total. The van der Waals surface area contributed by atoms with Crippen molar-refractivity contribution >= 4 is 22.2 Å².